The minimum Gasteiger partial charge on any atom is -0.350 e. The second-order valence-electron chi connectivity index (χ2n) is 6.17. The van der Waals surface area contributed by atoms with Crippen molar-refractivity contribution in [2.45, 2.75) is 38.6 Å². The molecule has 3 nitrogen and oxygen atoms in total. The molecule has 0 saturated carbocycles. The Labute approximate surface area is 124 Å². The highest BCUT2D eigenvalue weighted by molar-refractivity contribution is 5.94. The van der Waals surface area contributed by atoms with Gasteiger partial charge in [0.15, 0.2) is 0 Å². The first-order chi connectivity index (χ1) is 9.90. The molecule has 1 aromatic rings. The number of benzene rings is 1. The van der Waals surface area contributed by atoms with Crippen molar-refractivity contribution in [1.82, 2.24) is 10.2 Å². The van der Waals surface area contributed by atoms with E-state index in [2.05, 4.69) is 24.1 Å². The zero-order valence-electron chi connectivity index (χ0n) is 12.6. The van der Waals surface area contributed by atoms with Gasteiger partial charge in [0.05, 0.1) is 5.56 Å². The lowest BCUT2D eigenvalue weighted by Crippen LogP contribution is -2.53. The summed E-state index contributed by atoms with van der Waals surface area (Å²) in [5.74, 6) is -2.02. The van der Waals surface area contributed by atoms with Gasteiger partial charge in [-0.1, -0.05) is 6.42 Å². The fourth-order valence-electron chi connectivity index (χ4n) is 2.68. The minimum absolute atomic E-state index is 0.120. The summed E-state index contributed by atoms with van der Waals surface area (Å²) >= 11 is 0. The van der Waals surface area contributed by atoms with E-state index in [4.69, 9.17) is 0 Å². The number of rotatable bonds is 4. The van der Waals surface area contributed by atoms with Gasteiger partial charge in [-0.25, -0.2) is 8.78 Å². The fourth-order valence-corrected chi connectivity index (χ4v) is 2.68. The molecule has 1 N–H and O–H groups in total. The molecule has 1 amide bonds. The van der Waals surface area contributed by atoms with Gasteiger partial charge in [-0.15, -0.1) is 0 Å². The van der Waals surface area contributed by atoms with Crippen molar-refractivity contribution in [2.75, 3.05) is 19.6 Å². The number of nitrogens with one attached hydrogen (secondary N) is 1. The van der Waals surface area contributed by atoms with Crippen LogP contribution in [0.5, 0.6) is 0 Å². The zero-order valence-corrected chi connectivity index (χ0v) is 12.6. The Morgan fingerprint density at radius 3 is 2.52 bits per heavy atom. The van der Waals surface area contributed by atoms with E-state index in [1.165, 1.54) is 25.3 Å². The number of halogens is 2. The predicted molar refractivity (Wildman–Crippen MR) is 78.2 cm³/mol. The van der Waals surface area contributed by atoms with Crippen LogP contribution < -0.4 is 5.32 Å². The van der Waals surface area contributed by atoms with Crippen LogP contribution in [0.15, 0.2) is 18.2 Å². The average molecular weight is 296 g/mol. The predicted octanol–water partition coefficient (Wildman–Crippen LogP) is 2.96. The van der Waals surface area contributed by atoms with E-state index in [1.807, 2.05) is 0 Å². The topological polar surface area (TPSA) is 32.3 Å². The maximum Gasteiger partial charge on any atom is 0.254 e. The van der Waals surface area contributed by atoms with E-state index in [0.29, 0.717) is 6.54 Å². The molecule has 0 aromatic heterocycles. The molecule has 1 heterocycles. The summed E-state index contributed by atoms with van der Waals surface area (Å²) < 4.78 is 26.4. The number of carbonyl (C=O) groups is 1. The first kappa shape index (κ1) is 15.9. The normalized spacial score (nSPS) is 16.8. The number of carbonyl (C=O) groups excluding carboxylic acids is 1. The highest BCUT2D eigenvalue weighted by atomic mass is 19.1. The van der Waals surface area contributed by atoms with Crippen LogP contribution in [0.3, 0.4) is 0 Å². The number of hydrogen-bond acceptors (Lipinski definition) is 2. The Balaban J connectivity index is 1.96. The molecule has 0 radical (unpaired) electrons. The third kappa shape index (κ3) is 4.00. The van der Waals surface area contributed by atoms with Crippen molar-refractivity contribution in [2.24, 2.45) is 0 Å². The van der Waals surface area contributed by atoms with Gasteiger partial charge in [-0.2, -0.15) is 0 Å². The number of hydrogen-bond donors (Lipinski definition) is 1. The van der Waals surface area contributed by atoms with E-state index in [-0.39, 0.29) is 11.1 Å². The summed E-state index contributed by atoms with van der Waals surface area (Å²) in [6.45, 7) is 6.61. The molecule has 0 unspecified atom stereocenters. The lowest BCUT2D eigenvalue weighted by atomic mass is 9.98. The van der Waals surface area contributed by atoms with Gasteiger partial charge >= 0.3 is 0 Å². The quantitative estimate of drug-likeness (QED) is 0.926. The number of nitrogens with zero attached hydrogens (tertiary/aromatic N) is 1. The number of piperidine rings is 1. The molecule has 1 aromatic carbocycles. The molecule has 0 spiro atoms. The van der Waals surface area contributed by atoms with Gasteiger partial charge in [0.25, 0.3) is 5.91 Å². The standard InChI is InChI=1S/C16H22F2N2O/c1-16(2,20-8-4-3-5-9-20)11-19-15(21)13-7-6-12(17)10-14(13)18/h6-7,10H,3-5,8-9,11H2,1-2H3,(H,19,21). The Kier molecular flexibility index (Phi) is 4.93. The molecule has 1 aliphatic heterocycles. The Hall–Kier alpha value is -1.49. The molecule has 1 saturated heterocycles. The first-order valence-corrected chi connectivity index (χ1v) is 7.38. The molecule has 5 heteroatoms. The highest BCUT2D eigenvalue weighted by Gasteiger charge is 2.28. The number of likely N-dealkylation sites (tertiary alicyclic amines) is 1. The molecule has 0 bridgehead atoms. The summed E-state index contributed by atoms with van der Waals surface area (Å²) in [5.41, 5.74) is -0.294. The monoisotopic (exact) mass is 296 g/mol. The molecule has 21 heavy (non-hydrogen) atoms. The molecular formula is C16H22F2N2O. The van der Waals surface area contributed by atoms with E-state index >= 15 is 0 Å². The van der Waals surface area contributed by atoms with Gasteiger partial charge in [0.1, 0.15) is 11.6 Å². The second kappa shape index (κ2) is 6.52. The summed E-state index contributed by atoms with van der Waals surface area (Å²) in [4.78, 5) is 14.4. The number of amides is 1. The van der Waals surface area contributed by atoms with E-state index in [9.17, 15) is 13.6 Å². The largest absolute Gasteiger partial charge is 0.350 e. The van der Waals surface area contributed by atoms with Crippen molar-refractivity contribution in [1.29, 1.82) is 0 Å². The average Bonchev–Trinajstić information content (AvgIpc) is 2.46. The molecule has 2 rings (SSSR count). The van der Waals surface area contributed by atoms with Crippen molar-refractivity contribution < 1.29 is 13.6 Å². The van der Waals surface area contributed by atoms with Crippen LogP contribution in [0, 0.1) is 11.6 Å². The molecule has 116 valence electrons. The van der Waals surface area contributed by atoms with Gasteiger partial charge in [-0.3, -0.25) is 9.69 Å². The van der Waals surface area contributed by atoms with Crippen LogP contribution >= 0.6 is 0 Å². The first-order valence-electron chi connectivity index (χ1n) is 7.38. The van der Waals surface area contributed by atoms with Crippen molar-refractivity contribution in [3.8, 4) is 0 Å². The van der Waals surface area contributed by atoms with Crippen molar-refractivity contribution >= 4 is 5.91 Å². The molecular weight excluding hydrogens is 274 g/mol. The van der Waals surface area contributed by atoms with E-state index in [0.717, 1.165) is 25.2 Å². The van der Waals surface area contributed by atoms with Gasteiger partial charge < -0.3 is 5.32 Å². The van der Waals surface area contributed by atoms with Gasteiger partial charge in [-0.05, 0) is 51.9 Å². The summed E-state index contributed by atoms with van der Waals surface area (Å²) in [7, 11) is 0. The Morgan fingerprint density at radius 1 is 1.24 bits per heavy atom. The molecule has 0 aliphatic carbocycles. The highest BCUT2D eigenvalue weighted by Crippen LogP contribution is 2.20. The van der Waals surface area contributed by atoms with E-state index in [1.54, 1.807) is 0 Å². The smallest absolute Gasteiger partial charge is 0.254 e. The molecule has 1 aliphatic rings. The summed E-state index contributed by atoms with van der Waals surface area (Å²) in [6.07, 6.45) is 3.59. The van der Waals surface area contributed by atoms with Crippen LogP contribution in [-0.2, 0) is 0 Å². The van der Waals surface area contributed by atoms with Crippen LogP contribution in [0.1, 0.15) is 43.5 Å². The van der Waals surface area contributed by atoms with Crippen LogP contribution in [-0.4, -0.2) is 36.0 Å². The maximum atomic E-state index is 13.6. The zero-order chi connectivity index (χ0) is 15.5. The Bertz CT molecular complexity index is 511. The third-order valence-electron chi connectivity index (χ3n) is 4.07. The molecule has 1 fully saturated rings. The van der Waals surface area contributed by atoms with Crippen LogP contribution in [0.2, 0.25) is 0 Å². The molecule has 0 atom stereocenters. The lowest BCUT2D eigenvalue weighted by Gasteiger charge is -2.41. The van der Waals surface area contributed by atoms with Gasteiger partial charge in [0, 0.05) is 18.2 Å². The van der Waals surface area contributed by atoms with Crippen molar-refractivity contribution in [3.05, 3.63) is 35.4 Å². The summed E-state index contributed by atoms with van der Waals surface area (Å²) in [5, 5.41) is 2.75. The van der Waals surface area contributed by atoms with E-state index < -0.39 is 17.5 Å². The summed E-state index contributed by atoms with van der Waals surface area (Å²) in [6, 6.07) is 2.99. The second-order valence-corrected chi connectivity index (χ2v) is 6.17. The SMILES string of the molecule is CC(C)(CNC(=O)c1ccc(F)cc1F)N1CCCCC1. The minimum atomic E-state index is -0.830. The van der Waals surface area contributed by atoms with Crippen LogP contribution in [0.4, 0.5) is 8.78 Å². The maximum absolute atomic E-state index is 13.6. The van der Waals surface area contributed by atoms with Crippen molar-refractivity contribution in [3.63, 3.8) is 0 Å². The van der Waals surface area contributed by atoms with Gasteiger partial charge in [0.2, 0.25) is 0 Å². The lowest BCUT2D eigenvalue weighted by molar-refractivity contribution is 0.0795. The third-order valence-corrected chi connectivity index (χ3v) is 4.07. The Morgan fingerprint density at radius 2 is 1.90 bits per heavy atom. The van der Waals surface area contributed by atoms with Crippen LogP contribution in [0.25, 0.3) is 0 Å². The fraction of sp³-hybridized carbons (Fsp3) is 0.562.